The summed E-state index contributed by atoms with van der Waals surface area (Å²) in [5.41, 5.74) is 1.48. The summed E-state index contributed by atoms with van der Waals surface area (Å²) < 4.78 is 0. The molecule has 1 saturated carbocycles. The molecule has 3 aliphatic carbocycles. The second-order valence-electron chi connectivity index (χ2n) is 7.67. The van der Waals surface area contributed by atoms with Gasteiger partial charge in [0.15, 0.2) is 11.4 Å². The number of amides is 1. The topological polar surface area (TPSA) is 175 Å². The molecular formula is C20H16ClNO8. The van der Waals surface area contributed by atoms with E-state index in [1.807, 2.05) is 0 Å². The van der Waals surface area contributed by atoms with Crippen LogP contribution in [0.5, 0.6) is 5.75 Å². The molecule has 1 aromatic carbocycles. The van der Waals surface area contributed by atoms with Crippen LogP contribution < -0.4 is 5.73 Å². The molecule has 4 rings (SSSR count). The molecular weight excluding hydrogens is 418 g/mol. The summed E-state index contributed by atoms with van der Waals surface area (Å²) in [5.74, 6) is -7.19. The number of phenolic OH excluding ortho intramolecular Hbond substituents is 1. The van der Waals surface area contributed by atoms with Crippen LogP contribution in [0.25, 0.3) is 5.76 Å². The maximum Gasteiger partial charge on any atom is 0.255 e. The molecule has 1 amide bonds. The van der Waals surface area contributed by atoms with Crippen molar-refractivity contribution in [2.75, 3.05) is 0 Å². The summed E-state index contributed by atoms with van der Waals surface area (Å²) in [7, 11) is 0. The van der Waals surface area contributed by atoms with Crippen molar-refractivity contribution in [1.29, 1.82) is 0 Å². The number of carbonyl (C=O) groups is 4. The molecule has 0 saturated heterocycles. The molecule has 0 aliphatic heterocycles. The van der Waals surface area contributed by atoms with E-state index in [0.29, 0.717) is 0 Å². The molecule has 1 fully saturated rings. The fourth-order valence-corrected chi connectivity index (χ4v) is 4.98. The van der Waals surface area contributed by atoms with Gasteiger partial charge in [0.2, 0.25) is 5.78 Å². The minimum Gasteiger partial charge on any atom is -0.508 e. The van der Waals surface area contributed by atoms with Crippen molar-refractivity contribution in [3.8, 4) is 5.75 Å². The lowest BCUT2D eigenvalue weighted by Gasteiger charge is -2.46. The fraction of sp³-hybridized carbons (Fsp3) is 0.300. The van der Waals surface area contributed by atoms with Crippen LogP contribution >= 0.6 is 11.6 Å². The molecule has 156 valence electrons. The van der Waals surface area contributed by atoms with Gasteiger partial charge in [-0.25, -0.2) is 0 Å². The highest BCUT2D eigenvalue weighted by Crippen LogP contribution is 2.52. The maximum absolute atomic E-state index is 13.3. The van der Waals surface area contributed by atoms with E-state index in [1.165, 1.54) is 6.07 Å². The summed E-state index contributed by atoms with van der Waals surface area (Å²) in [5, 5.41) is 41.7. The third-order valence-electron chi connectivity index (χ3n) is 6.16. The van der Waals surface area contributed by atoms with Gasteiger partial charge in [-0.2, -0.15) is 0 Å². The number of halogens is 1. The lowest BCUT2D eigenvalue weighted by molar-refractivity contribution is -0.147. The van der Waals surface area contributed by atoms with Crippen molar-refractivity contribution in [3.63, 3.8) is 0 Å². The van der Waals surface area contributed by atoms with Gasteiger partial charge in [0.1, 0.15) is 22.8 Å². The molecule has 3 aliphatic rings. The van der Waals surface area contributed by atoms with Crippen LogP contribution in [0.15, 0.2) is 29.0 Å². The number of primary amides is 1. The zero-order valence-corrected chi connectivity index (χ0v) is 16.1. The van der Waals surface area contributed by atoms with E-state index in [-0.39, 0.29) is 35.1 Å². The first-order valence-corrected chi connectivity index (χ1v) is 9.39. The molecule has 0 unspecified atom stereocenters. The Morgan fingerprint density at radius 2 is 1.80 bits per heavy atom. The zero-order chi connectivity index (χ0) is 22.1. The van der Waals surface area contributed by atoms with E-state index in [9.17, 15) is 39.6 Å². The Morgan fingerprint density at radius 1 is 1.13 bits per heavy atom. The highest BCUT2D eigenvalue weighted by molar-refractivity contribution is 6.68. The van der Waals surface area contributed by atoms with Gasteiger partial charge in [0, 0.05) is 23.5 Å². The molecule has 10 heteroatoms. The molecule has 0 bridgehead atoms. The van der Waals surface area contributed by atoms with Gasteiger partial charge in [0.25, 0.3) is 11.1 Å². The predicted molar refractivity (Wildman–Crippen MR) is 102 cm³/mol. The third kappa shape index (κ3) is 2.45. The number of rotatable bonds is 2. The Bertz CT molecular complexity index is 1130. The van der Waals surface area contributed by atoms with Crippen LogP contribution in [-0.4, -0.2) is 48.7 Å². The number of phenols is 1. The van der Waals surface area contributed by atoms with E-state index in [4.69, 9.17) is 17.3 Å². The van der Waals surface area contributed by atoms with Gasteiger partial charge < -0.3 is 26.2 Å². The molecule has 0 aromatic heterocycles. The van der Waals surface area contributed by atoms with Crippen LogP contribution in [0.2, 0.25) is 0 Å². The smallest absolute Gasteiger partial charge is 0.255 e. The van der Waals surface area contributed by atoms with Crippen LogP contribution in [0, 0.1) is 11.8 Å². The number of aliphatic hydroxyl groups excluding tert-OH is 2. The van der Waals surface area contributed by atoms with Crippen molar-refractivity contribution in [2.24, 2.45) is 17.6 Å². The highest BCUT2D eigenvalue weighted by atomic mass is 35.5. The number of hydrogen-bond donors (Lipinski definition) is 5. The van der Waals surface area contributed by atoms with Crippen molar-refractivity contribution < 1.29 is 39.6 Å². The first-order valence-electron chi connectivity index (χ1n) is 9.02. The number of carbonyl (C=O) groups excluding carboxylic acids is 4. The third-order valence-corrected chi connectivity index (χ3v) is 6.36. The first-order chi connectivity index (χ1) is 14.0. The van der Waals surface area contributed by atoms with Crippen molar-refractivity contribution in [2.45, 2.75) is 24.9 Å². The fourth-order valence-electron chi connectivity index (χ4n) is 4.81. The molecule has 0 spiro atoms. The van der Waals surface area contributed by atoms with Crippen LogP contribution in [-0.2, 0) is 20.8 Å². The van der Waals surface area contributed by atoms with Crippen molar-refractivity contribution in [3.05, 3.63) is 45.7 Å². The number of fused-ring (bicyclic) bond motifs is 3. The maximum atomic E-state index is 13.3. The average molecular weight is 434 g/mol. The lowest BCUT2D eigenvalue weighted by Crippen LogP contribution is -2.58. The molecule has 0 radical (unpaired) electrons. The monoisotopic (exact) mass is 433 g/mol. The molecule has 3 atom stereocenters. The Kier molecular flexibility index (Phi) is 4.30. The number of ketones is 2. The Hall–Kier alpha value is -3.17. The minimum absolute atomic E-state index is 0.0194. The van der Waals surface area contributed by atoms with Gasteiger partial charge >= 0.3 is 0 Å². The van der Waals surface area contributed by atoms with E-state index in [1.54, 1.807) is 0 Å². The van der Waals surface area contributed by atoms with Gasteiger partial charge in [-0.3, -0.25) is 19.2 Å². The summed E-state index contributed by atoms with van der Waals surface area (Å²) in [6.45, 7) is 0. The number of aromatic hydroxyl groups is 1. The minimum atomic E-state index is -2.62. The summed E-state index contributed by atoms with van der Waals surface area (Å²) in [6.07, 6.45) is -0.408. The first kappa shape index (κ1) is 20.1. The average Bonchev–Trinajstić information content (AvgIpc) is 2.64. The van der Waals surface area contributed by atoms with Crippen LogP contribution in [0.4, 0.5) is 0 Å². The normalized spacial score (nSPS) is 28.1. The summed E-state index contributed by atoms with van der Waals surface area (Å²) in [6, 6.07) is 2.43. The Labute approximate surface area is 174 Å². The zero-order valence-electron chi connectivity index (χ0n) is 15.3. The summed E-state index contributed by atoms with van der Waals surface area (Å²) >= 11 is 5.61. The molecule has 30 heavy (non-hydrogen) atoms. The Balaban J connectivity index is 1.96. The van der Waals surface area contributed by atoms with E-state index >= 15 is 0 Å². The van der Waals surface area contributed by atoms with E-state index in [0.717, 1.165) is 6.07 Å². The van der Waals surface area contributed by atoms with E-state index < -0.39 is 69.4 Å². The van der Waals surface area contributed by atoms with Crippen LogP contribution in [0.1, 0.15) is 34.3 Å². The van der Waals surface area contributed by atoms with Gasteiger partial charge in [-0.1, -0.05) is 0 Å². The number of Topliss-reactive ketones (excluding diaryl/α,β-unsaturated/α-hetero) is 2. The lowest BCUT2D eigenvalue weighted by atomic mass is 9.59. The molecule has 6 N–H and O–H groups in total. The van der Waals surface area contributed by atoms with Crippen molar-refractivity contribution >= 4 is 40.1 Å². The predicted octanol–water partition coefficient (Wildman–Crippen LogP) is 0.803. The Morgan fingerprint density at radius 3 is 2.40 bits per heavy atom. The number of benzene rings is 1. The molecule has 1 aromatic rings. The quantitative estimate of drug-likeness (QED) is 0.336. The highest BCUT2D eigenvalue weighted by Gasteiger charge is 2.60. The second kappa shape index (κ2) is 6.41. The summed E-state index contributed by atoms with van der Waals surface area (Å²) in [4.78, 5) is 48.9. The van der Waals surface area contributed by atoms with E-state index in [2.05, 4.69) is 0 Å². The largest absolute Gasteiger partial charge is 0.508 e. The SMILES string of the molecule is NC(=O)C1=C(O)[C@@]2(O)C(=O)C3=C(O)c4c(O)ccc(C(=O)Cl)c4C[C@H]3C[C@H]2CC1=O. The second-order valence-corrected chi connectivity index (χ2v) is 8.01. The van der Waals surface area contributed by atoms with Crippen molar-refractivity contribution in [1.82, 2.24) is 0 Å². The van der Waals surface area contributed by atoms with Gasteiger partial charge in [-0.05, 0) is 48.1 Å². The van der Waals surface area contributed by atoms with Crippen LogP contribution in [0.3, 0.4) is 0 Å². The number of aliphatic hydroxyl groups is 3. The molecule has 0 heterocycles. The number of nitrogens with two attached hydrogens (primary N) is 1. The number of hydrogen-bond acceptors (Lipinski definition) is 8. The van der Waals surface area contributed by atoms with Gasteiger partial charge in [0.05, 0.1) is 5.56 Å². The standard InChI is InChI=1S/C20H16ClNO8/c21-18(28)8-1-2-10(23)13-9(8)4-6-3-7-5-11(24)14(19(22)29)17(27)20(7,30)16(26)12(6)15(13)25/h1-2,6-7,23,25,27,30H,3-5H2,(H2,22,29)/t6-,7+,20+/m1/s1. The molecule has 9 nitrogen and oxygen atoms in total. The van der Waals surface area contributed by atoms with Gasteiger partial charge in [-0.15, -0.1) is 0 Å².